The number of carbonyl (C=O) groups is 2. The first-order valence-electron chi connectivity index (χ1n) is 8.47. The minimum Gasteiger partial charge on any atom is -0.461 e. The second-order valence-electron chi connectivity index (χ2n) is 7.49. The van der Waals surface area contributed by atoms with Crippen molar-refractivity contribution in [3.05, 3.63) is 35.9 Å². The van der Waals surface area contributed by atoms with E-state index in [1.54, 1.807) is 58.0 Å². The standard InChI is InChI=1S/C19H28O6S/c1-13(12-16(20)25-19(3,4)5)18(21)24-14(2)17(26(6,22)23)15-10-8-7-9-11-15/h7-11,13-14,17H,12H2,1-6H3/t13-,14+,17+/m1/s1. The molecule has 0 amide bonds. The summed E-state index contributed by atoms with van der Waals surface area (Å²) >= 11 is 0. The van der Waals surface area contributed by atoms with Crippen molar-refractivity contribution in [2.24, 2.45) is 5.92 Å². The van der Waals surface area contributed by atoms with Gasteiger partial charge in [-0.25, -0.2) is 8.42 Å². The predicted molar refractivity (Wildman–Crippen MR) is 99.2 cm³/mol. The highest BCUT2D eigenvalue weighted by molar-refractivity contribution is 7.91. The Bertz CT molecular complexity index is 718. The molecule has 0 N–H and O–H groups in total. The van der Waals surface area contributed by atoms with Gasteiger partial charge in [0.1, 0.15) is 17.0 Å². The van der Waals surface area contributed by atoms with Crippen LogP contribution in [-0.4, -0.2) is 38.3 Å². The van der Waals surface area contributed by atoms with Gasteiger partial charge >= 0.3 is 11.9 Å². The van der Waals surface area contributed by atoms with Gasteiger partial charge in [0.25, 0.3) is 0 Å². The lowest BCUT2D eigenvalue weighted by molar-refractivity contribution is -0.163. The Hall–Kier alpha value is -1.89. The third kappa shape index (κ3) is 7.15. The van der Waals surface area contributed by atoms with E-state index >= 15 is 0 Å². The van der Waals surface area contributed by atoms with Gasteiger partial charge in [0.05, 0.1) is 12.3 Å². The van der Waals surface area contributed by atoms with Crippen LogP contribution in [0.4, 0.5) is 0 Å². The lowest BCUT2D eigenvalue weighted by atomic mass is 10.1. The van der Waals surface area contributed by atoms with Gasteiger partial charge in [-0.05, 0) is 33.3 Å². The average Bonchev–Trinajstić information content (AvgIpc) is 2.44. The molecule has 146 valence electrons. The van der Waals surface area contributed by atoms with Crippen LogP contribution in [0.2, 0.25) is 0 Å². The van der Waals surface area contributed by atoms with Gasteiger partial charge in [0.15, 0.2) is 9.84 Å². The molecule has 0 saturated heterocycles. The molecule has 26 heavy (non-hydrogen) atoms. The number of hydrogen-bond acceptors (Lipinski definition) is 6. The number of esters is 2. The van der Waals surface area contributed by atoms with Crippen molar-refractivity contribution < 1.29 is 27.5 Å². The monoisotopic (exact) mass is 384 g/mol. The van der Waals surface area contributed by atoms with Crippen molar-refractivity contribution in [3.63, 3.8) is 0 Å². The largest absolute Gasteiger partial charge is 0.461 e. The van der Waals surface area contributed by atoms with Crippen LogP contribution in [0.3, 0.4) is 0 Å². The van der Waals surface area contributed by atoms with Crippen LogP contribution in [-0.2, 0) is 28.9 Å². The first-order valence-corrected chi connectivity index (χ1v) is 10.4. The van der Waals surface area contributed by atoms with Crippen molar-refractivity contribution in [1.29, 1.82) is 0 Å². The van der Waals surface area contributed by atoms with E-state index in [2.05, 4.69) is 0 Å². The maximum absolute atomic E-state index is 12.3. The van der Waals surface area contributed by atoms with Gasteiger partial charge in [-0.2, -0.15) is 0 Å². The molecule has 6 nitrogen and oxygen atoms in total. The summed E-state index contributed by atoms with van der Waals surface area (Å²) in [4.78, 5) is 24.1. The number of benzene rings is 1. The maximum Gasteiger partial charge on any atom is 0.309 e. The zero-order valence-electron chi connectivity index (χ0n) is 16.2. The molecular weight excluding hydrogens is 356 g/mol. The maximum atomic E-state index is 12.3. The normalized spacial score (nSPS) is 15.6. The van der Waals surface area contributed by atoms with Crippen molar-refractivity contribution in [1.82, 2.24) is 0 Å². The Labute approximate surface area is 155 Å². The quantitative estimate of drug-likeness (QED) is 0.672. The number of carbonyl (C=O) groups excluding carboxylic acids is 2. The van der Waals surface area contributed by atoms with Crippen LogP contribution in [0.15, 0.2) is 30.3 Å². The van der Waals surface area contributed by atoms with Gasteiger partial charge < -0.3 is 9.47 Å². The van der Waals surface area contributed by atoms with Gasteiger partial charge in [-0.15, -0.1) is 0 Å². The van der Waals surface area contributed by atoms with Gasteiger partial charge in [-0.3, -0.25) is 9.59 Å². The zero-order chi connectivity index (χ0) is 20.1. The summed E-state index contributed by atoms with van der Waals surface area (Å²) in [7, 11) is -3.50. The van der Waals surface area contributed by atoms with E-state index in [0.717, 1.165) is 6.26 Å². The Morgan fingerprint density at radius 1 is 1.08 bits per heavy atom. The van der Waals surface area contributed by atoms with Crippen LogP contribution >= 0.6 is 0 Å². The molecule has 0 radical (unpaired) electrons. The first-order chi connectivity index (χ1) is 11.8. The molecule has 0 aromatic heterocycles. The van der Waals surface area contributed by atoms with Crippen molar-refractivity contribution in [3.8, 4) is 0 Å². The van der Waals surface area contributed by atoms with E-state index in [9.17, 15) is 18.0 Å². The van der Waals surface area contributed by atoms with E-state index in [1.807, 2.05) is 0 Å². The highest BCUT2D eigenvalue weighted by Crippen LogP contribution is 2.28. The Kier molecular flexibility index (Phi) is 7.38. The van der Waals surface area contributed by atoms with E-state index in [-0.39, 0.29) is 6.42 Å². The summed E-state index contributed by atoms with van der Waals surface area (Å²) in [6.45, 7) is 8.32. The molecule has 0 aliphatic rings. The number of sulfone groups is 1. The van der Waals surface area contributed by atoms with Gasteiger partial charge in [0.2, 0.25) is 0 Å². The molecule has 0 bridgehead atoms. The fourth-order valence-electron chi connectivity index (χ4n) is 2.59. The van der Waals surface area contributed by atoms with Crippen molar-refractivity contribution in [2.45, 2.75) is 58.0 Å². The third-order valence-electron chi connectivity index (χ3n) is 3.61. The first kappa shape index (κ1) is 22.2. The lowest BCUT2D eigenvalue weighted by Crippen LogP contribution is -2.32. The molecule has 0 heterocycles. The topological polar surface area (TPSA) is 86.7 Å². The molecule has 0 saturated carbocycles. The average molecular weight is 384 g/mol. The predicted octanol–water partition coefficient (Wildman–Crippen LogP) is 3.07. The number of rotatable bonds is 7. The minimum absolute atomic E-state index is 0.127. The Morgan fingerprint density at radius 2 is 1.62 bits per heavy atom. The summed E-state index contributed by atoms with van der Waals surface area (Å²) in [5.41, 5.74) is -0.0852. The highest BCUT2D eigenvalue weighted by atomic mass is 32.2. The Balaban J connectivity index is 2.81. The van der Waals surface area contributed by atoms with Crippen LogP contribution in [0, 0.1) is 5.92 Å². The summed E-state index contributed by atoms with van der Waals surface area (Å²) in [5, 5.41) is -0.971. The fraction of sp³-hybridized carbons (Fsp3) is 0.579. The molecular formula is C19H28O6S. The molecule has 3 atom stereocenters. The number of ether oxygens (including phenoxy) is 2. The lowest BCUT2D eigenvalue weighted by Gasteiger charge is -2.25. The summed E-state index contributed by atoms with van der Waals surface area (Å²) in [6, 6.07) is 8.60. The van der Waals surface area contributed by atoms with Gasteiger partial charge in [0, 0.05) is 6.26 Å². The second-order valence-corrected chi connectivity index (χ2v) is 9.66. The molecule has 0 aliphatic carbocycles. The highest BCUT2D eigenvalue weighted by Gasteiger charge is 2.33. The fourth-order valence-corrected chi connectivity index (χ4v) is 3.99. The molecule has 0 unspecified atom stereocenters. The molecule has 7 heteroatoms. The SMILES string of the molecule is C[C@H](CC(=O)OC(C)(C)C)C(=O)O[C@@H](C)[C@@H](c1ccccc1)S(C)(=O)=O. The van der Waals surface area contributed by atoms with Crippen LogP contribution in [0.1, 0.15) is 51.9 Å². The van der Waals surface area contributed by atoms with E-state index in [4.69, 9.17) is 9.47 Å². The van der Waals surface area contributed by atoms with E-state index in [1.165, 1.54) is 6.92 Å². The van der Waals surface area contributed by atoms with Crippen molar-refractivity contribution >= 4 is 21.8 Å². The summed E-state index contributed by atoms with van der Waals surface area (Å²) < 4.78 is 34.9. The number of hydrogen-bond donors (Lipinski definition) is 0. The van der Waals surface area contributed by atoms with Crippen molar-refractivity contribution in [2.75, 3.05) is 6.26 Å². The summed E-state index contributed by atoms with van der Waals surface area (Å²) in [5.74, 6) is -1.87. The third-order valence-corrected chi connectivity index (χ3v) is 5.19. The molecule has 0 spiro atoms. The van der Waals surface area contributed by atoms with Crippen LogP contribution in [0.25, 0.3) is 0 Å². The zero-order valence-corrected chi connectivity index (χ0v) is 17.0. The van der Waals surface area contributed by atoms with E-state index in [0.29, 0.717) is 5.56 Å². The molecule has 0 fully saturated rings. The summed E-state index contributed by atoms with van der Waals surface area (Å²) in [6.07, 6.45) is 0.0950. The molecule has 1 aromatic carbocycles. The molecule has 1 aromatic rings. The smallest absolute Gasteiger partial charge is 0.309 e. The second kappa shape index (κ2) is 8.66. The van der Waals surface area contributed by atoms with E-state index < -0.39 is 44.6 Å². The minimum atomic E-state index is -3.50. The molecule has 0 aliphatic heterocycles. The van der Waals surface area contributed by atoms with Crippen LogP contribution in [0.5, 0.6) is 0 Å². The Morgan fingerprint density at radius 3 is 2.08 bits per heavy atom. The molecule has 1 rings (SSSR count). The van der Waals surface area contributed by atoms with Gasteiger partial charge in [-0.1, -0.05) is 37.3 Å². The van der Waals surface area contributed by atoms with Crippen LogP contribution < -0.4 is 0 Å².